The SMILES string of the molecule is CC(Oc1ccccc1)C(=O)N1CCN(CC(OCc2ccc(C(F)(F)F)cc2)c2ccc(Cl)cc2)CC1. The predicted octanol–water partition coefficient (Wildman–Crippen LogP) is 6.23. The van der Waals surface area contributed by atoms with E-state index in [1.54, 1.807) is 19.1 Å². The van der Waals surface area contributed by atoms with Crippen molar-refractivity contribution in [2.24, 2.45) is 0 Å². The normalized spacial score (nSPS) is 16.2. The fraction of sp³-hybridized carbons (Fsp3) is 0.345. The average molecular weight is 547 g/mol. The van der Waals surface area contributed by atoms with Crippen LogP contribution in [0.4, 0.5) is 13.2 Å². The molecule has 1 aliphatic heterocycles. The van der Waals surface area contributed by atoms with Crippen LogP contribution in [0.1, 0.15) is 29.7 Å². The molecule has 2 unspecified atom stereocenters. The van der Waals surface area contributed by atoms with Gasteiger partial charge in [-0.1, -0.05) is 54.1 Å². The molecule has 0 bridgehead atoms. The summed E-state index contributed by atoms with van der Waals surface area (Å²) in [6.07, 6.45) is -5.28. The molecule has 0 saturated carbocycles. The van der Waals surface area contributed by atoms with E-state index < -0.39 is 17.8 Å². The molecule has 1 aliphatic rings. The second-order valence-corrected chi connectivity index (χ2v) is 9.68. The molecular weight excluding hydrogens is 517 g/mol. The van der Waals surface area contributed by atoms with Crippen LogP contribution in [0, 0.1) is 0 Å². The number of rotatable bonds is 9. The predicted molar refractivity (Wildman–Crippen MR) is 140 cm³/mol. The minimum absolute atomic E-state index is 0.0543. The van der Waals surface area contributed by atoms with Crippen LogP contribution in [-0.2, 0) is 22.3 Å². The summed E-state index contributed by atoms with van der Waals surface area (Å²) >= 11 is 6.06. The number of carbonyl (C=O) groups is 1. The molecule has 1 saturated heterocycles. The van der Waals surface area contributed by atoms with Crippen molar-refractivity contribution in [1.82, 2.24) is 9.80 Å². The number of para-hydroxylation sites is 1. The summed E-state index contributed by atoms with van der Waals surface area (Å²) in [7, 11) is 0. The number of hydrogen-bond acceptors (Lipinski definition) is 4. The van der Waals surface area contributed by atoms with Gasteiger partial charge in [0.05, 0.1) is 18.3 Å². The molecule has 3 aromatic rings. The van der Waals surface area contributed by atoms with Gasteiger partial charge < -0.3 is 14.4 Å². The Balaban J connectivity index is 1.34. The van der Waals surface area contributed by atoms with E-state index >= 15 is 0 Å². The van der Waals surface area contributed by atoms with Crippen LogP contribution in [0.3, 0.4) is 0 Å². The summed E-state index contributed by atoms with van der Waals surface area (Å²) < 4.78 is 50.7. The highest BCUT2D eigenvalue weighted by atomic mass is 35.5. The highest BCUT2D eigenvalue weighted by Gasteiger charge is 2.30. The Bertz CT molecular complexity index is 1170. The molecule has 38 heavy (non-hydrogen) atoms. The van der Waals surface area contributed by atoms with Gasteiger partial charge in [0.15, 0.2) is 6.10 Å². The average Bonchev–Trinajstić information content (AvgIpc) is 2.92. The molecule has 0 aromatic heterocycles. The Morgan fingerprint density at radius 1 is 0.921 bits per heavy atom. The number of nitrogens with zero attached hydrogens (tertiary/aromatic N) is 2. The first-order valence-electron chi connectivity index (χ1n) is 12.4. The molecule has 1 heterocycles. The maximum atomic E-state index is 12.9. The van der Waals surface area contributed by atoms with Crippen molar-refractivity contribution in [3.8, 4) is 5.75 Å². The molecule has 2 atom stereocenters. The van der Waals surface area contributed by atoms with Crippen LogP contribution in [0.15, 0.2) is 78.9 Å². The molecule has 4 rings (SSSR count). The number of amides is 1. The van der Waals surface area contributed by atoms with Gasteiger partial charge >= 0.3 is 6.18 Å². The molecule has 9 heteroatoms. The van der Waals surface area contributed by atoms with Gasteiger partial charge in [0.25, 0.3) is 5.91 Å². The third kappa shape index (κ3) is 7.72. The highest BCUT2D eigenvalue weighted by molar-refractivity contribution is 6.30. The van der Waals surface area contributed by atoms with Crippen molar-refractivity contribution >= 4 is 17.5 Å². The number of halogens is 4. The number of piperazine rings is 1. The summed E-state index contributed by atoms with van der Waals surface area (Å²) in [5.74, 6) is 0.601. The quantitative estimate of drug-likeness (QED) is 0.319. The first-order chi connectivity index (χ1) is 18.2. The zero-order chi connectivity index (χ0) is 27.1. The standard InChI is InChI=1S/C29H30ClF3N2O3/c1-21(38-26-5-3-2-4-6-26)28(36)35-17-15-34(16-18-35)19-27(23-9-13-25(30)14-10-23)37-20-22-7-11-24(12-8-22)29(31,32)33/h2-14,21,27H,15-20H2,1H3. The largest absolute Gasteiger partial charge is 0.481 e. The molecule has 202 valence electrons. The van der Waals surface area contributed by atoms with Gasteiger partial charge in [-0.2, -0.15) is 13.2 Å². The van der Waals surface area contributed by atoms with Gasteiger partial charge in [0, 0.05) is 37.7 Å². The van der Waals surface area contributed by atoms with E-state index in [-0.39, 0.29) is 18.6 Å². The van der Waals surface area contributed by atoms with Crippen molar-refractivity contribution in [3.63, 3.8) is 0 Å². The summed E-state index contributed by atoms with van der Waals surface area (Å²) in [5.41, 5.74) is 0.885. The number of alkyl halides is 3. The fourth-order valence-electron chi connectivity index (χ4n) is 4.31. The first-order valence-corrected chi connectivity index (χ1v) is 12.8. The van der Waals surface area contributed by atoms with Crippen LogP contribution in [0.2, 0.25) is 5.02 Å². The lowest BCUT2D eigenvalue weighted by atomic mass is 10.1. The summed E-state index contributed by atoms with van der Waals surface area (Å²) in [4.78, 5) is 16.9. The molecule has 3 aromatic carbocycles. The highest BCUT2D eigenvalue weighted by Crippen LogP contribution is 2.30. The van der Waals surface area contributed by atoms with E-state index in [2.05, 4.69) is 4.90 Å². The first kappa shape index (κ1) is 28.0. The lowest BCUT2D eigenvalue weighted by Crippen LogP contribution is -2.52. The van der Waals surface area contributed by atoms with Crippen molar-refractivity contribution in [2.45, 2.75) is 31.9 Å². The molecule has 0 aliphatic carbocycles. The van der Waals surface area contributed by atoms with Gasteiger partial charge in [0.1, 0.15) is 5.75 Å². The van der Waals surface area contributed by atoms with Crippen LogP contribution in [-0.4, -0.2) is 54.5 Å². The summed E-state index contributed by atoms with van der Waals surface area (Å²) in [6, 6.07) is 21.6. The Kier molecular flexibility index (Phi) is 9.31. The molecule has 0 N–H and O–H groups in total. The Labute approximate surface area is 225 Å². The maximum absolute atomic E-state index is 12.9. The van der Waals surface area contributed by atoms with Crippen LogP contribution in [0.25, 0.3) is 0 Å². The monoisotopic (exact) mass is 546 g/mol. The molecule has 5 nitrogen and oxygen atoms in total. The minimum Gasteiger partial charge on any atom is -0.481 e. The van der Waals surface area contributed by atoms with Gasteiger partial charge in [-0.15, -0.1) is 0 Å². The minimum atomic E-state index is -4.37. The zero-order valence-electron chi connectivity index (χ0n) is 21.0. The van der Waals surface area contributed by atoms with Crippen molar-refractivity contribution in [3.05, 3.63) is 101 Å². The van der Waals surface area contributed by atoms with Crippen LogP contribution in [0.5, 0.6) is 5.75 Å². The molecule has 0 radical (unpaired) electrons. The third-order valence-electron chi connectivity index (χ3n) is 6.49. The van der Waals surface area contributed by atoms with Gasteiger partial charge in [-0.25, -0.2) is 0 Å². The van der Waals surface area contributed by atoms with E-state index in [1.807, 2.05) is 47.4 Å². The van der Waals surface area contributed by atoms with Crippen LogP contribution >= 0.6 is 11.6 Å². The van der Waals surface area contributed by atoms with E-state index in [4.69, 9.17) is 21.1 Å². The maximum Gasteiger partial charge on any atom is 0.416 e. The molecule has 0 spiro atoms. The smallest absolute Gasteiger partial charge is 0.416 e. The number of hydrogen-bond donors (Lipinski definition) is 0. The topological polar surface area (TPSA) is 42.0 Å². The van der Waals surface area contributed by atoms with E-state index in [0.717, 1.165) is 17.7 Å². The van der Waals surface area contributed by atoms with E-state index in [9.17, 15) is 18.0 Å². The van der Waals surface area contributed by atoms with Gasteiger partial charge in [0.2, 0.25) is 0 Å². The summed E-state index contributed by atoms with van der Waals surface area (Å²) in [5, 5.41) is 0.606. The van der Waals surface area contributed by atoms with E-state index in [0.29, 0.717) is 49.1 Å². The molecular formula is C29H30ClF3N2O3. The Morgan fingerprint density at radius 3 is 2.16 bits per heavy atom. The fourth-order valence-corrected chi connectivity index (χ4v) is 4.44. The lowest BCUT2D eigenvalue weighted by molar-refractivity contribution is -0.140. The van der Waals surface area contributed by atoms with E-state index in [1.165, 1.54) is 12.1 Å². The number of carbonyl (C=O) groups excluding carboxylic acids is 1. The van der Waals surface area contributed by atoms with Gasteiger partial charge in [-0.3, -0.25) is 9.69 Å². The van der Waals surface area contributed by atoms with Crippen molar-refractivity contribution < 1.29 is 27.4 Å². The van der Waals surface area contributed by atoms with Crippen molar-refractivity contribution in [2.75, 3.05) is 32.7 Å². The molecule has 1 amide bonds. The summed E-state index contributed by atoms with van der Waals surface area (Å²) in [6.45, 7) is 4.95. The Morgan fingerprint density at radius 2 is 1.55 bits per heavy atom. The second-order valence-electron chi connectivity index (χ2n) is 9.24. The van der Waals surface area contributed by atoms with Crippen LogP contribution < -0.4 is 4.74 Å². The number of ether oxygens (including phenoxy) is 2. The second kappa shape index (κ2) is 12.7. The zero-order valence-corrected chi connectivity index (χ0v) is 21.8. The number of benzene rings is 3. The Hall–Kier alpha value is -3.07. The lowest BCUT2D eigenvalue weighted by Gasteiger charge is -2.37. The van der Waals surface area contributed by atoms with Crippen molar-refractivity contribution in [1.29, 1.82) is 0 Å². The third-order valence-corrected chi connectivity index (χ3v) is 6.74. The van der Waals surface area contributed by atoms with Gasteiger partial charge in [-0.05, 0) is 54.4 Å². The molecule has 1 fully saturated rings.